The molecule has 136 valence electrons. The lowest BCUT2D eigenvalue weighted by Gasteiger charge is -2.27. The normalized spacial score (nSPS) is 12.1. The van der Waals surface area contributed by atoms with E-state index in [0.29, 0.717) is 6.54 Å². The van der Waals surface area contributed by atoms with E-state index in [0.717, 1.165) is 29.7 Å². The van der Waals surface area contributed by atoms with E-state index in [1.165, 1.54) is 10.4 Å². The van der Waals surface area contributed by atoms with E-state index in [-0.39, 0.29) is 5.41 Å². The van der Waals surface area contributed by atoms with Crippen molar-refractivity contribution in [1.29, 1.82) is 0 Å². The summed E-state index contributed by atoms with van der Waals surface area (Å²) in [5, 5.41) is 7.82. The molecule has 2 N–H and O–H groups in total. The van der Waals surface area contributed by atoms with Crippen LogP contribution in [0.3, 0.4) is 0 Å². The zero-order valence-electron chi connectivity index (χ0n) is 15.7. The van der Waals surface area contributed by atoms with Crippen LogP contribution in [0, 0.1) is 0 Å². The third-order valence-corrected chi connectivity index (χ3v) is 5.29. The molecule has 6 heteroatoms. The predicted octanol–water partition coefficient (Wildman–Crippen LogP) is 3.36. The van der Waals surface area contributed by atoms with Gasteiger partial charge in [0.1, 0.15) is 10.8 Å². The van der Waals surface area contributed by atoms with Crippen LogP contribution in [-0.4, -0.2) is 31.6 Å². The van der Waals surface area contributed by atoms with Gasteiger partial charge in [-0.2, -0.15) is 0 Å². The van der Waals surface area contributed by atoms with Crippen molar-refractivity contribution in [2.45, 2.75) is 39.2 Å². The molecule has 2 aromatic rings. The standard InChI is InChI=1S/C19H28N4OS/c1-6-16-11-21-17(25-16)12-22-18(20-4)23-13-19(2,3)14-7-9-15(24-5)10-8-14/h7-11H,6,12-13H2,1-5H3,(H2,20,22,23). The molecule has 0 aliphatic carbocycles. The van der Waals surface area contributed by atoms with Crippen LogP contribution in [-0.2, 0) is 18.4 Å². The van der Waals surface area contributed by atoms with E-state index in [1.54, 1.807) is 25.5 Å². The van der Waals surface area contributed by atoms with Crippen LogP contribution in [0.1, 0.15) is 36.2 Å². The lowest BCUT2D eigenvalue weighted by atomic mass is 9.84. The number of ether oxygens (including phenoxy) is 1. The molecule has 1 aromatic carbocycles. The highest BCUT2D eigenvalue weighted by Gasteiger charge is 2.21. The summed E-state index contributed by atoms with van der Waals surface area (Å²) in [7, 11) is 3.47. The van der Waals surface area contributed by atoms with Crippen molar-refractivity contribution in [3.63, 3.8) is 0 Å². The van der Waals surface area contributed by atoms with Gasteiger partial charge in [0, 0.05) is 30.1 Å². The van der Waals surface area contributed by atoms with Gasteiger partial charge >= 0.3 is 0 Å². The lowest BCUT2D eigenvalue weighted by Crippen LogP contribution is -2.43. The Labute approximate surface area is 154 Å². The molecule has 1 heterocycles. The highest BCUT2D eigenvalue weighted by Crippen LogP contribution is 2.24. The molecule has 0 radical (unpaired) electrons. The quantitative estimate of drug-likeness (QED) is 0.587. The first-order valence-electron chi connectivity index (χ1n) is 8.51. The van der Waals surface area contributed by atoms with E-state index in [9.17, 15) is 0 Å². The lowest BCUT2D eigenvalue weighted by molar-refractivity contribution is 0.414. The van der Waals surface area contributed by atoms with Crippen molar-refractivity contribution in [3.05, 3.63) is 45.9 Å². The number of benzene rings is 1. The zero-order valence-corrected chi connectivity index (χ0v) is 16.5. The van der Waals surface area contributed by atoms with Crippen LogP contribution in [0.2, 0.25) is 0 Å². The van der Waals surface area contributed by atoms with Gasteiger partial charge in [-0.25, -0.2) is 4.98 Å². The molecule has 0 saturated carbocycles. The van der Waals surface area contributed by atoms with Crippen LogP contribution in [0.5, 0.6) is 5.75 Å². The number of rotatable bonds is 7. The average molecular weight is 361 g/mol. The molecule has 0 spiro atoms. The molecule has 0 aliphatic rings. The number of aliphatic imine (C=N–C) groups is 1. The predicted molar refractivity (Wildman–Crippen MR) is 106 cm³/mol. The number of guanidine groups is 1. The first-order chi connectivity index (χ1) is 12.0. The molecule has 2 rings (SSSR count). The maximum atomic E-state index is 5.23. The van der Waals surface area contributed by atoms with Crippen LogP contribution >= 0.6 is 11.3 Å². The Kier molecular flexibility index (Phi) is 6.82. The summed E-state index contributed by atoms with van der Waals surface area (Å²) in [6.07, 6.45) is 2.98. The number of nitrogens with one attached hydrogen (secondary N) is 2. The van der Waals surface area contributed by atoms with Gasteiger partial charge in [-0.05, 0) is 24.1 Å². The number of methoxy groups -OCH3 is 1. The van der Waals surface area contributed by atoms with Crippen LogP contribution < -0.4 is 15.4 Å². The van der Waals surface area contributed by atoms with Gasteiger partial charge in [-0.3, -0.25) is 4.99 Å². The SMILES string of the molecule is CCc1cnc(CNC(=NC)NCC(C)(C)c2ccc(OC)cc2)s1. The third-order valence-electron chi connectivity index (χ3n) is 4.15. The number of hydrogen-bond acceptors (Lipinski definition) is 4. The molecule has 5 nitrogen and oxygen atoms in total. The van der Waals surface area contributed by atoms with E-state index < -0.39 is 0 Å². The maximum absolute atomic E-state index is 5.23. The number of nitrogens with zero attached hydrogens (tertiary/aromatic N) is 2. The van der Waals surface area contributed by atoms with Crippen molar-refractivity contribution >= 4 is 17.3 Å². The Morgan fingerprint density at radius 3 is 2.52 bits per heavy atom. The second-order valence-electron chi connectivity index (χ2n) is 6.47. The Morgan fingerprint density at radius 1 is 1.24 bits per heavy atom. The van der Waals surface area contributed by atoms with Crippen molar-refractivity contribution < 1.29 is 4.74 Å². The monoisotopic (exact) mass is 360 g/mol. The van der Waals surface area contributed by atoms with Crippen molar-refractivity contribution in [2.75, 3.05) is 20.7 Å². The molecule has 0 saturated heterocycles. The molecule has 25 heavy (non-hydrogen) atoms. The first kappa shape index (κ1) is 19.2. The van der Waals surface area contributed by atoms with Crippen LogP contribution in [0.25, 0.3) is 0 Å². The number of aryl methyl sites for hydroxylation is 1. The minimum atomic E-state index is -0.0273. The highest BCUT2D eigenvalue weighted by atomic mass is 32.1. The van der Waals surface area contributed by atoms with Gasteiger partial charge in [0.2, 0.25) is 0 Å². The Balaban J connectivity index is 1.89. The largest absolute Gasteiger partial charge is 0.497 e. The molecular weight excluding hydrogens is 332 g/mol. The summed E-state index contributed by atoms with van der Waals surface area (Å²) >= 11 is 1.74. The molecule has 0 bridgehead atoms. The molecule has 0 atom stereocenters. The molecular formula is C19H28N4OS. The second-order valence-corrected chi connectivity index (χ2v) is 7.67. The molecule has 0 aliphatic heterocycles. The molecule has 0 amide bonds. The van der Waals surface area contributed by atoms with Gasteiger partial charge in [-0.15, -0.1) is 11.3 Å². The summed E-state index contributed by atoms with van der Waals surface area (Å²) in [6, 6.07) is 8.22. The number of thiazole rings is 1. The van der Waals surface area contributed by atoms with E-state index >= 15 is 0 Å². The van der Waals surface area contributed by atoms with Gasteiger partial charge in [0.05, 0.1) is 13.7 Å². The summed E-state index contributed by atoms with van der Waals surface area (Å²) in [5.41, 5.74) is 1.23. The minimum Gasteiger partial charge on any atom is -0.497 e. The van der Waals surface area contributed by atoms with Crippen LogP contribution in [0.15, 0.2) is 35.5 Å². The third kappa shape index (κ3) is 5.46. The first-order valence-corrected chi connectivity index (χ1v) is 9.32. The second kappa shape index (κ2) is 8.85. The van der Waals surface area contributed by atoms with Gasteiger partial charge in [0.25, 0.3) is 0 Å². The zero-order chi connectivity index (χ0) is 18.3. The number of hydrogen-bond donors (Lipinski definition) is 2. The molecule has 0 fully saturated rings. The van der Waals surface area contributed by atoms with E-state index in [4.69, 9.17) is 4.74 Å². The fourth-order valence-electron chi connectivity index (χ4n) is 2.42. The summed E-state index contributed by atoms with van der Waals surface area (Å²) < 4.78 is 5.23. The van der Waals surface area contributed by atoms with Crippen LogP contribution in [0.4, 0.5) is 0 Å². The summed E-state index contributed by atoms with van der Waals surface area (Å²) in [6.45, 7) is 8.03. The Morgan fingerprint density at radius 2 is 1.96 bits per heavy atom. The topological polar surface area (TPSA) is 58.5 Å². The van der Waals surface area contributed by atoms with Gasteiger partial charge in [-0.1, -0.05) is 32.9 Å². The van der Waals surface area contributed by atoms with E-state index in [1.807, 2.05) is 18.3 Å². The van der Waals surface area contributed by atoms with Crippen molar-refractivity contribution in [2.24, 2.45) is 4.99 Å². The fraction of sp³-hybridized carbons (Fsp3) is 0.474. The molecule has 1 aromatic heterocycles. The summed E-state index contributed by atoms with van der Waals surface area (Å²) in [5.74, 6) is 1.66. The minimum absolute atomic E-state index is 0.0273. The Bertz CT molecular complexity index is 692. The average Bonchev–Trinajstić information content (AvgIpc) is 3.10. The molecule has 0 unspecified atom stereocenters. The number of aromatic nitrogens is 1. The maximum Gasteiger partial charge on any atom is 0.191 e. The van der Waals surface area contributed by atoms with E-state index in [2.05, 4.69) is 53.5 Å². The Hall–Kier alpha value is -2.08. The van der Waals surface area contributed by atoms with Gasteiger partial charge < -0.3 is 15.4 Å². The van der Waals surface area contributed by atoms with Gasteiger partial charge in [0.15, 0.2) is 5.96 Å². The summed E-state index contributed by atoms with van der Waals surface area (Å²) in [4.78, 5) is 10.0. The van der Waals surface area contributed by atoms with Crippen molar-refractivity contribution in [3.8, 4) is 5.75 Å². The smallest absolute Gasteiger partial charge is 0.191 e. The highest BCUT2D eigenvalue weighted by molar-refractivity contribution is 7.11. The van der Waals surface area contributed by atoms with Crippen molar-refractivity contribution in [1.82, 2.24) is 15.6 Å². The fourth-order valence-corrected chi connectivity index (χ4v) is 3.22.